The minimum absolute atomic E-state index is 0.244. The highest BCUT2D eigenvalue weighted by Gasteiger charge is 2.16. The van der Waals surface area contributed by atoms with Crippen LogP contribution in [0.1, 0.15) is 12.6 Å². The average Bonchev–Trinajstić information content (AvgIpc) is 2.56. The van der Waals surface area contributed by atoms with Crippen LogP contribution >= 0.6 is 0 Å². The molecule has 0 radical (unpaired) electrons. The van der Waals surface area contributed by atoms with Gasteiger partial charge in [-0.1, -0.05) is 6.92 Å². The third-order valence-corrected chi connectivity index (χ3v) is 3.74. The Bertz CT molecular complexity index is 606. The van der Waals surface area contributed by atoms with Gasteiger partial charge in [-0.3, -0.25) is 0 Å². The molecule has 0 saturated carbocycles. The van der Waals surface area contributed by atoms with E-state index in [2.05, 4.69) is 27.1 Å². The second kappa shape index (κ2) is 6.18. The predicted molar refractivity (Wildman–Crippen MR) is 81.9 cm³/mol. The third kappa shape index (κ3) is 3.03. The summed E-state index contributed by atoms with van der Waals surface area (Å²) in [6.07, 6.45) is 2.76. The first-order valence-corrected chi connectivity index (χ1v) is 7.35. The Labute approximate surface area is 124 Å². The molecule has 0 spiro atoms. The Hall–Kier alpha value is -2.01. The molecule has 0 aliphatic carbocycles. The molecule has 2 heterocycles. The van der Waals surface area contributed by atoms with Gasteiger partial charge in [-0.05, 0) is 30.7 Å². The summed E-state index contributed by atoms with van der Waals surface area (Å²) < 4.78 is 13.0. The first-order valence-electron chi connectivity index (χ1n) is 7.35. The minimum atomic E-state index is -0.244. The number of nitrogens with one attached hydrogen (secondary N) is 1. The molecule has 0 unspecified atom stereocenters. The molecule has 110 valence electrons. The minimum Gasteiger partial charge on any atom is -0.366 e. The van der Waals surface area contributed by atoms with Gasteiger partial charge in [0.15, 0.2) is 5.82 Å². The maximum Gasteiger partial charge on any atom is 0.159 e. The zero-order valence-electron chi connectivity index (χ0n) is 12.1. The van der Waals surface area contributed by atoms with Crippen LogP contribution in [0.25, 0.3) is 11.4 Å². The van der Waals surface area contributed by atoms with Crippen LogP contribution < -0.4 is 10.2 Å². The van der Waals surface area contributed by atoms with Crippen LogP contribution in [0.4, 0.5) is 10.1 Å². The molecular formula is C16H19FN4. The van der Waals surface area contributed by atoms with Crippen molar-refractivity contribution in [1.29, 1.82) is 0 Å². The molecule has 4 nitrogen and oxygen atoms in total. The maximum atomic E-state index is 13.0. The van der Waals surface area contributed by atoms with Crippen LogP contribution in [0.3, 0.4) is 0 Å². The first kappa shape index (κ1) is 13.9. The molecular weight excluding hydrogens is 267 g/mol. The number of piperazine rings is 1. The van der Waals surface area contributed by atoms with E-state index in [4.69, 9.17) is 0 Å². The van der Waals surface area contributed by atoms with E-state index in [0.717, 1.165) is 49.5 Å². The van der Waals surface area contributed by atoms with Crippen molar-refractivity contribution in [2.75, 3.05) is 31.1 Å². The van der Waals surface area contributed by atoms with Crippen LogP contribution in [-0.4, -0.2) is 36.1 Å². The van der Waals surface area contributed by atoms with Crippen molar-refractivity contribution >= 4 is 5.69 Å². The Kier molecular flexibility index (Phi) is 4.10. The second-order valence-corrected chi connectivity index (χ2v) is 5.12. The molecule has 1 aromatic heterocycles. The summed E-state index contributed by atoms with van der Waals surface area (Å²) >= 11 is 0. The Morgan fingerprint density at radius 2 is 1.90 bits per heavy atom. The number of aromatic nitrogens is 2. The van der Waals surface area contributed by atoms with Gasteiger partial charge >= 0.3 is 0 Å². The predicted octanol–water partition coefficient (Wildman–Crippen LogP) is 2.25. The zero-order valence-corrected chi connectivity index (χ0v) is 12.1. The van der Waals surface area contributed by atoms with Crippen molar-refractivity contribution in [2.24, 2.45) is 0 Å². The number of halogens is 1. The number of nitrogens with zero attached hydrogens (tertiary/aromatic N) is 3. The topological polar surface area (TPSA) is 41.1 Å². The van der Waals surface area contributed by atoms with Gasteiger partial charge in [0.25, 0.3) is 0 Å². The van der Waals surface area contributed by atoms with Crippen LogP contribution in [0.5, 0.6) is 0 Å². The number of aryl methyl sites for hydroxylation is 1. The summed E-state index contributed by atoms with van der Waals surface area (Å²) in [5.74, 6) is 0.414. The SMILES string of the molecule is CCc1nc(-c2ccc(F)cc2)ncc1N1CCNCC1. The van der Waals surface area contributed by atoms with Crippen LogP contribution in [0.2, 0.25) is 0 Å². The summed E-state index contributed by atoms with van der Waals surface area (Å²) in [6.45, 7) is 6.03. The highest BCUT2D eigenvalue weighted by molar-refractivity contribution is 5.59. The van der Waals surface area contributed by atoms with E-state index in [1.54, 1.807) is 12.1 Å². The van der Waals surface area contributed by atoms with Crippen molar-refractivity contribution in [2.45, 2.75) is 13.3 Å². The number of anilines is 1. The Morgan fingerprint density at radius 3 is 2.57 bits per heavy atom. The molecule has 3 rings (SSSR count). The van der Waals surface area contributed by atoms with Gasteiger partial charge in [0.2, 0.25) is 0 Å². The lowest BCUT2D eigenvalue weighted by Crippen LogP contribution is -2.44. The lowest BCUT2D eigenvalue weighted by Gasteiger charge is -2.30. The van der Waals surface area contributed by atoms with Crippen molar-refractivity contribution in [3.63, 3.8) is 0 Å². The zero-order chi connectivity index (χ0) is 14.7. The quantitative estimate of drug-likeness (QED) is 0.939. The fraction of sp³-hybridized carbons (Fsp3) is 0.375. The molecule has 1 aliphatic heterocycles. The summed E-state index contributed by atoms with van der Waals surface area (Å²) in [6, 6.07) is 6.31. The molecule has 1 N–H and O–H groups in total. The van der Waals surface area contributed by atoms with E-state index in [0.29, 0.717) is 5.82 Å². The van der Waals surface area contributed by atoms with Gasteiger partial charge in [0.05, 0.1) is 17.6 Å². The van der Waals surface area contributed by atoms with Crippen LogP contribution in [0.15, 0.2) is 30.5 Å². The standard InChI is InChI=1S/C16H19FN4/c1-2-14-15(21-9-7-18-8-10-21)11-19-16(20-14)12-3-5-13(17)6-4-12/h3-6,11,18H,2,7-10H2,1H3. The molecule has 0 amide bonds. The normalized spacial score (nSPS) is 15.2. The van der Waals surface area contributed by atoms with Crippen LogP contribution in [-0.2, 0) is 6.42 Å². The van der Waals surface area contributed by atoms with Crippen LogP contribution in [0, 0.1) is 5.82 Å². The molecule has 5 heteroatoms. The van der Waals surface area contributed by atoms with Gasteiger partial charge in [-0.25, -0.2) is 14.4 Å². The Balaban J connectivity index is 1.92. The summed E-state index contributed by atoms with van der Waals surface area (Å²) in [5, 5.41) is 3.35. The molecule has 21 heavy (non-hydrogen) atoms. The smallest absolute Gasteiger partial charge is 0.159 e. The highest BCUT2D eigenvalue weighted by Crippen LogP contribution is 2.23. The van der Waals surface area contributed by atoms with Crippen molar-refractivity contribution in [1.82, 2.24) is 15.3 Å². The first-order chi connectivity index (χ1) is 10.3. The maximum absolute atomic E-state index is 13.0. The summed E-state index contributed by atoms with van der Waals surface area (Å²) in [7, 11) is 0. The fourth-order valence-corrected chi connectivity index (χ4v) is 2.58. The fourth-order valence-electron chi connectivity index (χ4n) is 2.58. The molecule has 2 aromatic rings. The van der Waals surface area contributed by atoms with Gasteiger partial charge in [0, 0.05) is 31.7 Å². The van der Waals surface area contributed by atoms with Crippen molar-refractivity contribution in [3.05, 3.63) is 42.0 Å². The average molecular weight is 286 g/mol. The molecule has 1 saturated heterocycles. The Morgan fingerprint density at radius 1 is 1.19 bits per heavy atom. The van der Waals surface area contributed by atoms with E-state index in [-0.39, 0.29) is 5.82 Å². The second-order valence-electron chi connectivity index (χ2n) is 5.12. The molecule has 1 aliphatic rings. The van der Waals surface area contributed by atoms with Gasteiger partial charge in [0.1, 0.15) is 5.82 Å². The van der Waals surface area contributed by atoms with Gasteiger partial charge in [-0.2, -0.15) is 0 Å². The van der Waals surface area contributed by atoms with Crippen molar-refractivity contribution < 1.29 is 4.39 Å². The lowest BCUT2D eigenvalue weighted by atomic mass is 10.2. The number of hydrogen-bond acceptors (Lipinski definition) is 4. The van der Waals surface area contributed by atoms with E-state index >= 15 is 0 Å². The number of rotatable bonds is 3. The lowest BCUT2D eigenvalue weighted by molar-refractivity contribution is 0.586. The van der Waals surface area contributed by atoms with E-state index in [1.165, 1.54) is 12.1 Å². The molecule has 0 bridgehead atoms. The molecule has 1 aromatic carbocycles. The molecule has 0 atom stereocenters. The van der Waals surface area contributed by atoms with E-state index < -0.39 is 0 Å². The number of hydrogen-bond donors (Lipinski definition) is 1. The number of benzene rings is 1. The monoisotopic (exact) mass is 286 g/mol. The van der Waals surface area contributed by atoms with E-state index in [9.17, 15) is 4.39 Å². The molecule has 1 fully saturated rings. The van der Waals surface area contributed by atoms with Gasteiger partial charge in [-0.15, -0.1) is 0 Å². The summed E-state index contributed by atoms with van der Waals surface area (Å²) in [4.78, 5) is 11.5. The summed E-state index contributed by atoms with van der Waals surface area (Å²) in [5.41, 5.74) is 3.01. The highest BCUT2D eigenvalue weighted by atomic mass is 19.1. The van der Waals surface area contributed by atoms with E-state index in [1.807, 2.05) is 6.20 Å². The van der Waals surface area contributed by atoms with Gasteiger partial charge < -0.3 is 10.2 Å². The largest absolute Gasteiger partial charge is 0.366 e. The van der Waals surface area contributed by atoms with Crippen molar-refractivity contribution in [3.8, 4) is 11.4 Å². The third-order valence-electron chi connectivity index (χ3n) is 3.74.